The highest BCUT2D eigenvalue weighted by Crippen LogP contribution is 2.33. The molecule has 3 nitrogen and oxygen atoms in total. The molecule has 4 rings (SSSR count). The zero-order chi connectivity index (χ0) is 18.6. The molecular weight excluding hydrogens is 354 g/mol. The molecule has 3 aromatic rings. The average Bonchev–Trinajstić information content (AvgIpc) is 2.97. The maximum atomic E-state index is 12.7. The lowest BCUT2D eigenvalue weighted by molar-refractivity contribution is -0.123. The van der Waals surface area contributed by atoms with E-state index in [9.17, 15) is 9.59 Å². The summed E-state index contributed by atoms with van der Waals surface area (Å²) < 4.78 is 0. The van der Waals surface area contributed by atoms with E-state index >= 15 is 0 Å². The largest absolute Gasteiger partial charge is 0.293 e. The Morgan fingerprint density at radius 3 is 2.19 bits per heavy atom. The third kappa shape index (κ3) is 3.86. The molecule has 0 atom stereocenters. The summed E-state index contributed by atoms with van der Waals surface area (Å²) in [5, 5.41) is -0.227. The van der Waals surface area contributed by atoms with Crippen LogP contribution in [0.4, 0.5) is 4.79 Å². The van der Waals surface area contributed by atoms with Crippen molar-refractivity contribution in [2.75, 3.05) is 0 Å². The minimum atomic E-state index is -0.237. The lowest BCUT2D eigenvalue weighted by atomic mass is 10.0. The predicted molar refractivity (Wildman–Crippen MR) is 110 cm³/mol. The molecule has 1 aliphatic heterocycles. The van der Waals surface area contributed by atoms with Crippen molar-refractivity contribution < 1.29 is 9.59 Å². The SMILES string of the molecule is O=C1SC(=Cc2cccc(-c3ccccc3)c2)C(=O)N1Cc1ccccc1. The van der Waals surface area contributed by atoms with Crippen LogP contribution in [0.3, 0.4) is 0 Å². The van der Waals surface area contributed by atoms with Gasteiger partial charge in [-0.3, -0.25) is 14.5 Å². The Labute approximate surface area is 162 Å². The van der Waals surface area contributed by atoms with Gasteiger partial charge in [0.15, 0.2) is 0 Å². The summed E-state index contributed by atoms with van der Waals surface area (Å²) in [4.78, 5) is 26.8. The molecule has 1 fully saturated rings. The van der Waals surface area contributed by atoms with Crippen molar-refractivity contribution in [3.05, 3.63) is 101 Å². The molecule has 2 amide bonds. The zero-order valence-corrected chi connectivity index (χ0v) is 15.4. The summed E-state index contributed by atoms with van der Waals surface area (Å²) >= 11 is 0.996. The van der Waals surface area contributed by atoms with Gasteiger partial charge in [-0.15, -0.1) is 0 Å². The third-order valence-electron chi connectivity index (χ3n) is 4.35. The second-order valence-electron chi connectivity index (χ2n) is 6.24. The topological polar surface area (TPSA) is 37.4 Å². The molecule has 1 saturated heterocycles. The smallest absolute Gasteiger partial charge is 0.268 e. The predicted octanol–water partition coefficient (Wildman–Crippen LogP) is 5.59. The van der Waals surface area contributed by atoms with Crippen LogP contribution in [0.2, 0.25) is 0 Å². The van der Waals surface area contributed by atoms with Gasteiger partial charge in [0.1, 0.15) is 0 Å². The van der Waals surface area contributed by atoms with E-state index in [2.05, 4.69) is 0 Å². The number of amides is 2. The Kier molecular flexibility index (Phi) is 4.90. The van der Waals surface area contributed by atoms with Gasteiger partial charge in [-0.2, -0.15) is 0 Å². The lowest BCUT2D eigenvalue weighted by Crippen LogP contribution is -2.27. The molecule has 0 spiro atoms. The number of hydrogen-bond donors (Lipinski definition) is 0. The van der Waals surface area contributed by atoms with Crippen LogP contribution in [0.25, 0.3) is 17.2 Å². The number of thioether (sulfide) groups is 1. The number of carbonyl (C=O) groups excluding carboxylic acids is 2. The van der Waals surface area contributed by atoms with Gasteiger partial charge in [-0.25, -0.2) is 0 Å². The van der Waals surface area contributed by atoms with Crippen LogP contribution < -0.4 is 0 Å². The van der Waals surface area contributed by atoms with Crippen molar-refractivity contribution in [1.82, 2.24) is 4.90 Å². The number of hydrogen-bond acceptors (Lipinski definition) is 3. The first-order chi connectivity index (χ1) is 13.2. The van der Waals surface area contributed by atoms with E-state index in [4.69, 9.17) is 0 Å². The van der Waals surface area contributed by atoms with Crippen molar-refractivity contribution in [1.29, 1.82) is 0 Å². The molecule has 132 valence electrons. The maximum Gasteiger partial charge on any atom is 0.293 e. The highest BCUT2D eigenvalue weighted by molar-refractivity contribution is 8.18. The molecule has 0 unspecified atom stereocenters. The summed E-state index contributed by atoms with van der Waals surface area (Å²) in [5.41, 5.74) is 4.03. The minimum Gasteiger partial charge on any atom is -0.268 e. The Balaban J connectivity index is 1.58. The number of imide groups is 1. The fourth-order valence-electron chi connectivity index (χ4n) is 2.99. The van der Waals surface area contributed by atoms with Crippen LogP contribution in [0, 0.1) is 0 Å². The first kappa shape index (κ1) is 17.3. The second kappa shape index (κ2) is 7.64. The van der Waals surface area contributed by atoms with E-state index in [1.165, 1.54) is 4.90 Å². The molecule has 1 heterocycles. The quantitative estimate of drug-likeness (QED) is 0.561. The first-order valence-corrected chi connectivity index (χ1v) is 9.47. The van der Waals surface area contributed by atoms with Crippen LogP contribution in [-0.4, -0.2) is 16.0 Å². The standard InChI is InChI=1S/C23H17NO2S/c25-22-21(27-23(26)24(22)16-17-8-3-1-4-9-17)15-18-10-7-13-20(14-18)19-11-5-2-6-12-19/h1-15H,16H2. The van der Waals surface area contributed by atoms with E-state index in [0.717, 1.165) is 34.0 Å². The van der Waals surface area contributed by atoms with E-state index in [1.807, 2.05) is 84.9 Å². The average molecular weight is 371 g/mol. The van der Waals surface area contributed by atoms with Gasteiger partial charge in [-0.1, -0.05) is 78.9 Å². The molecule has 0 saturated carbocycles. The zero-order valence-electron chi connectivity index (χ0n) is 14.5. The Hall–Kier alpha value is -3.11. The van der Waals surface area contributed by atoms with Crippen molar-refractivity contribution >= 4 is 29.0 Å². The highest BCUT2D eigenvalue weighted by atomic mass is 32.2. The summed E-state index contributed by atoms with van der Waals surface area (Å²) in [6.45, 7) is 0.299. The van der Waals surface area contributed by atoms with E-state index in [0.29, 0.717) is 11.4 Å². The molecule has 3 aromatic carbocycles. The van der Waals surface area contributed by atoms with Gasteiger partial charge in [0.25, 0.3) is 11.1 Å². The van der Waals surface area contributed by atoms with Gasteiger partial charge in [0, 0.05) is 0 Å². The fourth-order valence-corrected chi connectivity index (χ4v) is 3.83. The van der Waals surface area contributed by atoms with Crippen molar-refractivity contribution in [2.45, 2.75) is 6.54 Å². The Morgan fingerprint density at radius 2 is 1.44 bits per heavy atom. The Bertz CT molecular complexity index is 1010. The van der Waals surface area contributed by atoms with Crippen LogP contribution in [-0.2, 0) is 11.3 Å². The molecule has 1 aliphatic rings. The van der Waals surface area contributed by atoms with Gasteiger partial charge in [0.05, 0.1) is 11.4 Å². The number of carbonyl (C=O) groups is 2. The molecule has 4 heteroatoms. The van der Waals surface area contributed by atoms with Crippen molar-refractivity contribution in [3.8, 4) is 11.1 Å². The highest BCUT2D eigenvalue weighted by Gasteiger charge is 2.34. The monoisotopic (exact) mass is 371 g/mol. The molecule has 0 radical (unpaired) electrons. The van der Waals surface area contributed by atoms with Crippen LogP contribution in [0.15, 0.2) is 89.8 Å². The number of nitrogens with zero attached hydrogens (tertiary/aromatic N) is 1. The number of rotatable bonds is 4. The molecular formula is C23H17NO2S. The van der Waals surface area contributed by atoms with Crippen molar-refractivity contribution in [3.63, 3.8) is 0 Å². The van der Waals surface area contributed by atoms with Crippen molar-refractivity contribution in [2.24, 2.45) is 0 Å². The molecule has 0 N–H and O–H groups in total. The summed E-state index contributed by atoms with van der Waals surface area (Å²) in [6, 6.07) is 27.6. The first-order valence-electron chi connectivity index (χ1n) is 8.65. The Morgan fingerprint density at radius 1 is 0.778 bits per heavy atom. The van der Waals surface area contributed by atoms with Gasteiger partial charge < -0.3 is 0 Å². The third-order valence-corrected chi connectivity index (χ3v) is 5.26. The van der Waals surface area contributed by atoms with Gasteiger partial charge >= 0.3 is 0 Å². The molecule has 0 aromatic heterocycles. The molecule has 0 bridgehead atoms. The maximum absolute atomic E-state index is 12.7. The number of benzene rings is 3. The van der Waals surface area contributed by atoms with Gasteiger partial charge in [0.2, 0.25) is 0 Å². The van der Waals surface area contributed by atoms with E-state index in [-0.39, 0.29) is 11.1 Å². The fraction of sp³-hybridized carbons (Fsp3) is 0.0435. The van der Waals surface area contributed by atoms with E-state index < -0.39 is 0 Å². The van der Waals surface area contributed by atoms with Crippen LogP contribution in [0.5, 0.6) is 0 Å². The normalized spacial score (nSPS) is 15.6. The summed E-state index contributed by atoms with van der Waals surface area (Å²) in [7, 11) is 0. The minimum absolute atomic E-state index is 0.227. The van der Waals surface area contributed by atoms with E-state index in [1.54, 1.807) is 6.08 Å². The summed E-state index contributed by atoms with van der Waals surface area (Å²) in [6.07, 6.45) is 1.79. The molecule has 0 aliphatic carbocycles. The second-order valence-corrected chi connectivity index (χ2v) is 7.24. The summed E-state index contributed by atoms with van der Waals surface area (Å²) in [5.74, 6) is -0.237. The molecule has 27 heavy (non-hydrogen) atoms. The lowest BCUT2D eigenvalue weighted by Gasteiger charge is -2.12. The van der Waals surface area contributed by atoms with Crippen LogP contribution >= 0.6 is 11.8 Å². The van der Waals surface area contributed by atoms with Crippen LogP contribution in [0.1, 0.15) is 11.1 Å². The van der Waals surface area contributed by atoms with Gasteiger partial charge in [-0.05, 0) is 46.2 Å².